The molecule has 1 aliphatic heterocycles. The summed E-state index contributed by atoms with van der Waals surface area (Å²) in [4.78, 5) is 0. The lowest BCUT2D eigenvalue weighted by molar-refractivity contribution is -0.889. The van der Waals surface area contributed by atoms with E-state index in [4.69, 9.17) is 9.47 Å². The minimum atomic E-state index is -0.321. The zero-order chi connectivity index (χ0) is 34.9. The third-order valence-corrected chi connectivity index (χ3v) is 10.3. The van der Waals surface area contributed by atoms with Gasteiger partial charge >= 0.3 is 0 Å². The molecule has 1 fully saturated rings. The van der Waals surface area contributed by atoms with Gasteiger partial charge in [-0.2, -0.15) is 0 Å². The normalized spacial score (nSPS) is 18.6. The number of quaternary nitrogens is 1. The third-order valence-electron chi connectivity index (χ3n) is 10.3. The van der Waals surface area contributed by atoms with Gasteiger partial charge < -0.3 is 37.9 Å². The molecule has 1 aliphatic rings. The first-order chi connectivity index (χ1) is 23.5. The molecule has 1 heterocycles. The van der Waals surface area contributed by atoms with Crippen molar-refractivity contribution >= 4 is 0 Å². The molecule has 3 nitrogen and oxygen atoms in total. The summed E-state index contributed by atoms with van der Waals surface area (Å²) < 4.78 is 14.4. The molecule has 0 spiro atoms. The summed E-state index contributed by atoms with van der Waals surface area (Å²) in [6, 6.07) is 0. The Balaban J connectivity index is 0.0000230. The molecular formula is C45H84INO2. The Morgan fingerprint density at radius 1 is 0.531 bits per heavy atom. The number of unbranched alkanes of at least 4 members (excludes halogenated alkanes) is 18. The SMILES string of the molecule is CCCCC/C=C\C/C=C\CCCCCCCCC1(CCCCCCCC/C=C/C/C=C/CCCCC)OCC(CC[N+](C)(C)CC)O1.[I-]. The van der Waals surface area contributed by atoms with Gasteiger partial charge in [0.25, 0.3) is 0 Å². The van der Waals surface area contributed by atoms with E-state index in [1.54, 1.807) is 0 Å². The van der Waals surface area contributed by atoms with Gasteiger partial charge in [-0.3, -0.25) is 0 Å². The van der Waals surface area contributed by atoms with Crippen LogP contribution in [0, 0.1) is 0 Å². The Morgan fingerprint density at radius 3 is 1.33 bits per heavy atom. The second-order valence-corrected chi connectivity index (χ2v) is 15.4. The zero-order valence-corrected chi connectivity index (χ0v) is 35.7. The lowest BCUT2D eigenvalue weighted by Gasteiger charge is -2.31. The van der Waals surface area contributed by atoms with Crippen LogP contribution < -0.4 is 24.0 Å². The Bertz CT molecular complexity index is 769. The van der Waals surface area contributed by atoms with Crippen LogP contribution in [0.1, 0.15) is 194 Å². The molecule has 1 saturated heterocycles. The summed E-state index contributed by atoms with van der Waals surface area (Å²) in [5.74, 6) is -0.321. The van der Waals surface area contributed by atoms with Crippen LogP contribution in [0.5, 0.6) is 0 Å². The zero-order valence-electron chi connectivity index (χ0n) is 33.6. The van der Waals surface area contributed by atoms with E-state index in [1.807, 2.05) is 0 Å². The van der Waals surface area contributed by atoms with Gasteiger partial charge in [0.1, 0.15) is 0 Å². The standard InChI is InChI=1S/C45H84NO2.HI/c1-6-9-11-13-15-17-19-21-23-25-27-29-31-33-35-37-40-45(47-43-44(48-45)39-42-46(4,5)8-3)41-38-36-34-32-30-28-26-24-22-20-18-16-14-12-10-7-2;/h15-18,21-24,44H,6-14,19-20,25-43H2,1-5H3;1H/q+1;/p-1/b17-15-,18-16+,23-21-,24-22+;. The van der Waals surface area contributed by atoms with Gasteiger partial charge in [0, 0.05) is 19.3 Å². The van der Waals surface area contributed by atoms with E-state index in [-0.39, 0.29) is 35.9 Å². The Morgan fingerprint density at radius 2 is 0.918 bits per heavy atom. The third kappa shape index (κ3) is 29.8. The molecule has 0 amide bonds. The van der Waals surface area contributed by atoms with Gasteiger partial charge in [0.2, 0.25) is 0 Å². The van der Waals surface area contributed by atoms with Crippen molar-refractivity contribution in [3.05, 3.63) is 48.6 Å². The minimum absolute atomic E-state index is 0. The molecule has 0 aromatic carbocycles. The van der Waals surface area contributed by atoms with E-state index in [1.165, 1.54) is 148 Å². The maximum atomic E-state index is 6.78. The van der Waals surface area contributed by atoms with Crippen LogP contribution in [-0.4, -0.2) is 50.2 Å². The predicted octanol–water partition coefficient (Wildman–Crippen LogP) is 11.0. The minimum Gasteiger partial charge on any atom is -1.00 e. The number of halogens is 1. The first kappa shape index (κ1) is 48.6. The lowest BCUT2D eigenvalue weighted by atomic mass is 9.98. The van der Waals surface area contributed by atoms with Crippen molar-refractivity contribution in [2.24, 2.45) is 0 Å². The van der Waals surface area contributed by atoms with Crippen molar-refractivity contribution in [3.8, 4) is 0 Å². The fourth-order valence-corrected chi connectivity index (χ4v) is 6.56. The average molecular weight is 798 g/mol. The molecule has 0 bridgehead atoms. The number of hydrogen-bond donors (Lipinski definition) is 0. The summed E-state index contributed by atoms with van der Waals surface area (Å²) in [5, 5.41) is 0. The highest BCUT2D eigenvalue weighted by molar-refractivity contribution is 4.93. The van der Waals surface area contributed by atoms with Crippen LogP contribution in [0.25, 0.3) is 0 Å². The largest absolute Gasteiger partial charge is 1.00 e. The van der Waals surface area contributed by atoms with Crippen LogP contribution in [0.3, 0.4) is 0 Å². The number of hydrogen-bond acceptors (Lipinski definition) is 2. The van der Waals surface area contributed by atoms with Gasteiger partial charge in [-0.25, -0.2) is 0 Å². The Kier molecular flexibility index (Phi) is 34.3. The van der Waals surface area contributed by atoms with Gasteiger partial charge in [0.15, 0.2) is 5.79 Å². The topological polar surface area (TPSA) is 18.5 Å². The molecule has 2 atom stereocenters. The highest BCUT2D eigenvalue weighted by atomic mass is 127. The summed E-state index contributed by atoms with van der Waals surface area (Å²) >= 11 is 0. The van der Waals surface area contributed by atoms with Crippen LogP contribution >= 0.6 is 0 Å². The molecular weight excluding hydrogens is 713 g/mol. The van der Waals surface area contributed by atoms with E-state index in [2.05, 4.69) is 83.5 Å². The van der Waals surface area contributed by atoms with Crippen LogP contribution in [-0.2, 0) is 9.47 Å². The van der Waals surface area contributed by atoms with Crippen molar-refractivity contribution in [2.75, 3.05) is 33.8 Å². The van der Waals surface area contributed by atoms with Crippen molar-refractivity contribution in [1.82, 2.24) is 0 Å². The van der Waals surface area contributed by atoms with Gasteiger partial charge in [0.05, 0.1) is 39.9 Å². The smallest absolute Gasteiger partial charge is 0.168 e. The summed E-state index contributed by atoms with van der Waals surface area (Å²) in [6.07, 6.45) is 53.4. The Labute approximate surface area is 324 Å². The number of rotatable bonds is 34. The predicted molar refractivity (Wildman–Crippen MR) is 214 cm³/mol. The highest BCUT2D eigenvalue weighted by Crippen LogP contribution is 2.36. The molecule has 0 saturated carbocycles. The van der Waals surface area contributed by atoms with E-state index in [0.717, 1.165) is 49.7 Å². The lowest BCUT2D eigenvalue weighted by Crippen LogP contribution is -3.00. The number of ether oxygens (including phenoxy) is 2. The molecule has 1 rings (SSSR count). The van der Waals surface area contributed by atoms with E-state index in [0.29, 0.717) is 0 Å². The van der Waals surface area contributed by atoms with Crippen molar-refractivity contribution in [3.63, 3.8) is 0 Å². The number of allylic oxidation sites excluding steroid dienone is 8. The van der Waals surface area contributed by atoms with Crippen molar-refractivity contribution < 1.29 is 37.9 Å². The van der Waals surface area contributed by atoms with E-state index < -0.39 is 0 Å². The monoisotopic (exact) mass is 798 g/mol. The van der Waals surface area contributed by atoms with Crippen LogP contribution in [0.2, 0.25) is 0 Å². The molecule has 4 heteroatoms. The van der Waals surface area contributed by atoms with Gasteiger partial charge in [-0.05, 0) is 84.0 Å². The molecule has 0 aromatic heterocycles. The Hall–Kier alpha value is -0.430. The first-order valence-electron chi connectivity index (χ1n) is 21.2. The second-order valence-electron chi connectivity index (χ2n) is 15.4. The van der Waals surface area contributed by atoms with Crippen LogP contribution in [0.15, 0.2) is 48.6 Å². The van der Waals surface area contributed by atoms with Crippen molar-refractivity contribution in [1.29, 1.82) is 0 Å². The fraction of sp³-hybridized carbons (Fsp3) is 0.822. The second kappa shape index (κ2) is 34.6. The molecule has 49 heavy (non-hydrogen) atoms. The molecule has 0 aliphatic carbocycles. The van der Waals surface area contributed by atoms with Crippen LogP contribution in [0.4, 0.5) is 0 Å². The highest BCUT2D eigenvalue weighted by Gasteiger charge is 2.40. The maximum absolute atomic E-state index is 6.78. The molecule has 2 unspecified atom stereocenters. The number of nitrogens with zero attached hydrogens (tertiary/aromatic N) is 1. The fourth-order valence-electron chi connectivity index (χ4n) is 6.56. The quantitative estimate of drug-likeness (QED) is 0.0279. The maximum Gasteiger partial charge on any atom is 0.168 e. The van der Waals surface area contributed by atoms with Gasteiger partial charge in [-0.15, -0.1) is 0 Å². The molecule has 288 valence electrons. The summed E-state index contributed by atoms with van der Waals surface area (Å²) in [6.45, 7) is 9.94. The van der Waals surface area contributed by atoms with Gasteiger partial charge in [-0.1, -0.05) is 140 Å². The summed E-state index contributed by atoms with van der Waals surface area (Å²) in [5.41, 5.74) is 0. The van der Waals surface area contributed by atoms with Crippen molar-refractivity contribution in [2.45, 2.75) is 206 Å². The van der Waals surface area contributed by atoms with E-state index >= 15 is 0 Å². The molecule has 0 radical (unpaired) electrons. The molecule has 0 N–H and O–H groups in total. The first-order valence-corrected chi connectivity index (χ1v) is 21.2. The molecule has 0 aromatic rings. The summed E-state index contributed by atoms with van der Waals surface area (Å²) in [7, 11) is 4.66. The van der Waals surface area contributed by atoms with E-state index in [9.17, 15) is 0 Å². The average Bonchev–Trinajstić information content (AvgIpc) is 3.50.